The average molecular weight is 306 g/mol. The van der Waals surface area contributed by atoms with Gasteiger partial charge >= 0.3 is 0 Å². The molecule has 0 fully saturated rings. The number of rotatable bonds is 7. The molecule has 1 atom stereocenters. The van der Waals surface area contributed by atoms with Crippen molar-refractivity contribution < 1.29 is 9.66 Å². The molecule has 2 aromatic rings. The van der Waals surface area contributed by atoms with Crippen LogP contribution in [0.2, 0.25) is 0 Å². The van der Waals surface area contributed by atoms with Crippen LogP contribution in [0.3, 0.4) is 0 Å². The molecule has 6 heteroatoms. The topological polar surface area (TPSA) is 64.4 Å². The van der Waals surface area contributed by atoms with E-state index in [1.165, 1.54) is 18.1 Å². The van der Waals surface area contributed by atoms with Crippen molar-refractivity contribution in [1.82, 2.24) is 5.32 Å². The maximum atomic E-state index is 10.9. The number of hydrogen-bond acceptors (Lipinski definition) is 5. The highest BCUT2D eigenvalue weighted by atomic mass is 32.1. The maximum Gasteiger partial charge on any atom is 0.273 e. The van der Waals surface area contributed by atoms with E-state index in [4.69, 9.17) is 4.74 Å². The molecule has 112 valence electrons. The zero-order valence-corrected chi connectivity index (χ0v) is 12.9. The summed E-state index contributed by atoms with van der Waals surface area (Å²) in [5.74, 6) is 0.506. The largest absolute Gasteiger partial charge is 0.496 e. The van der Waals surface area contributed by atoms with Crippen LogP contribution in [0.4, 0.5) is 5.69 Å². The normalized spacial score (nSPS) is 12.1. The Morgan fingerprint density at radius 1 is 1.43 bits per heavy atom. The van der Waals surface area contributed by atoms with Crippen LogP contribution in [0.15, 0.2) is 35.7 Å². The van der Waals surface area contributed by atoms with Crippen LogP contribution in [0.25, 0.3) is 0 Å². The fourth-order valence-electron chi connectivity index (χ4n) is 2.06. The number of hydrogen-bond donors (Lipinski definition) is 1. The Balaban J connectivity index is 1.98. The van der Waals surface area contributed by atoms with Crippen molar-refractivity contribution in [3.63, 3.8) is 0 Å². The first kappa shape index (κ1) is 15.5. The van der Waals surface area contributed by atoms with E-state index in [9.17, 15) is 10.1 Å². The molecule has 0 radical (unpaired) electrons. The molecule has 0 bridgehead atoms. The lowest BCUT2D eigenvalue weighted by Gasteiger charge is -2.13. The number of nitrogens with zero attached hydrogens (tertiary/aromatic N) is 1. The Labute approximate surface area is 127 Å². The zero-order valence-electron chi connectivity index (χ0n) is 12.0. The van der Waals surface area contributed by atoms with E-state index < -0.39 is 4.92 Å². The van der Waals surface area contributed by atoms with Gasteiger partial charge in [-0.05, 0) is 36.4 Å². The van der Waals surface area contributed by atoms with Gasteiger partial charge in [-0.25, -0.2) is 0 Å². The molecule has 0 amide bonds. The minimum Gasteiger partial charge on any atom is -0.496 e. The molecule has 5 nitrogen and oxygen atoms in total. The summed E-state index contributed by atoms with van der Waals surface area (Å²) in [5.41, 5.74) is 0.899. The van der Waals surface area contributed by atoms with Crippen LogP contribution in [0.1, 0.15) is 17.4 Å². The Kier molecular flexibility index (Phi) is 5.30. The predicted molar refractivity (Wildman–Crippen MR) is 84.0 cm³/mol. The van der Waals surface area contributed by atoms with Crippen LogP contribution >= 0.6 is 11.3 Å². The Bertz CT molecular complexity index is 599. The Hall–Kier alpha value is -1.92. The third-order valence-electron chi connectivity index (χ3n) is 3.14. The van der Waals surface area contributed by atoms with E-state index >= 15 is 0 Å². The highest BCUT2D eigenvalue weighted by Crippen LogP contribution is 2.22. The van der Waals surface area contributed by atoms with E-state index in [0.717, 1.165) is 12.0 Å². The van der Waals surface area contributed by atoms with Gasteiger partial charge in [-0.15, -0.1) is 11.3 Å². The number of methoxy groups -OCH3 is 1. The molecule has 1 aromatic carbocycles. The summed E-state index contributed by atoms with van der Waals surface area (Å²) >= 11 is 1.74. The maximum absolute atomic E-state index is 10.9. The molecule has 0 spiro atoms. The van der Waals surface area contributed by atoms with E-state index in [0.29, 0.717) is 18.3 Å². The molecule has 0 aliphatic carbocycles. The Morgan fingerprint density at radius 3 is 2.86 bits per heavy atom. The molecule has 21 heavy (non-hydrogen) atoms. The van der Waals surface area contributed by atoms with Gasteiger partial charge in [0.2, 0.25) is 0 Å². The lowest BCUT2D eigenvalue weighted by Crippen LogP contribution is -2.27. The third kappa shape index (κ3) is 4.54. The molecule has 0 saturated heterocycles. The summed E-state index contributed by atoms with van der Waals surface area (Å²) in [6, 6.07) is 9.27. The number of nitro groups is 1. The molecule has 0 saturated carbocycles. The monoisotopic (exact) mass is 306 g/mol. The lowest BCUT2D eigenvalue weighted by atomic mass is 10.1. The van der Waals surface area contributed by atoms with Gasteiger partial charge in [0.1, 0.15) is 5.75 Å². The standard InChI is InChI=1S/C15H18N2O3S/c1-11(6-15-4-3-5-21-15)16-10-12-7-13(17(18)19)9-14(8-12)20-2/h3-5,7-9,11,16H,6,10H2,1-2H3. The fraction of sp³-hybridized carbons (Fsp3) is 0.333. The lowest BCUT2D eigenvalue weighted by molar-refractivity contribution is -0.385. The zero-order chi connectivity index (χ0) is 15.2. The van der Waals surface area contributed by atoms with Crippen LogP contribution in [-0.2, 0) is 13.0 Å². The van der Waals surface area contributed by atoms with Crippen molar-refractivity contribution >= 4 is 17.0 Å². The molecule has 1 N–H and O–H groups in total. The highest BCUT2D eigenvalue weighted by Gasteiger charge is 2.11. The first-order valence-corrected chi connectivity index (χ1v) is 7.54. The molecule has 2 rings (SSSR count). The molecule has 0 aliphatic heterocycles. The second-order valence-corrected chi connectivity index (χ2v) is 5.89. The number of thiophene rings is 1. The third-order valence-corrected chi connectivity index (χ3v) is 4.04. The highest BCUT2D eigenvalue weighted by molar-refractivity contribution is 7.09. The second-order valence-electron chi connectivity index (χ2n) is 4.86. The van der Waals surface area contributed by atoms with Crippen molar-refractivity contribution in [3.8, 4) is 5.75 Å². The Morgan fingerprint density at radius 2 is 2.24 bits per heavy atom. The van der Waals surface area contributed by atoms with Gasteiger partial charge in [0.15, 0.2) is 0 Å². The summed E-state index contributed by atoms with van der Waals surface area (Å²) in [4.78, 5) is 11.8. The number of non-ortho nitro benzene ring substituents is 1. The summed E-state index contributed by atoms with van der Waals surface area (Å²) in [6.45, 7) is 2.68. The van der Waals surface area contributed by atoms with Crippen molar-refractivity contribution in [2.24, 2.45) is 0 Å². The average Bonchev–Trinajstić information content (AvgIpc) is 2.97. The van der Waals surface area contributed by atoms with Crippen molar-refractivity contribution in [1.29, 1.82) is 0 Å². The van der Waals surface area contributed by atoms with E-state index in [1.807, 2.05) is 12.1 Å². The van der Waals surface area contributed by atoms with Gasteiger partial charge in [0.25, 0.3) is 5.69 Å². The molecule has 1 aromatic heterocycles. The number of nitrogens with one attached hydrogen (secondary N) is 1. The van der Waals surface area contributed by atoms with Crippen molar-refractivity contribution in [3.05, 3.63) is 56.3 Å². The molecular formula is C15H18N2O3S. The van der Waals surface area contributed by atoms with Gasteiger partial charge in [-0.1, -0.05) is 6.07 Å². The smallest absolute Gasteiger partial charge is 0.273 e. The number of nitro benzene ring substituents is 1. The van der Waals surface area contributed by atoms with Crippen LogP contribution in [0.5, 0.6) is 5.75 Å². The quantitative estimate of drug-likeness (QED) is 0.629. The van der Waals surface area contributed by atoms with Crippen LogP contribution in [-0.4, -0.2) is 18.1 Å². The molecular weight excluding hydrogens is 288 g/mol. The summed E-state index contributed by atoms with van der Waals surface area (Å²) in [7, 11) is 1.51. The first-order chi connectivity index (χ1) is 10.1. The van der Waals surface area contributed by atoms with Crippen LogP contribution < -0.4 is 10.1 Å². The van der Waals surface area contributed by atoms with Gasteiger partial charge in [0, 0.05) is 23.5 Å². The summed E-state index contributed by atoms with van der Waals surface area (Å²) in [6.07, 6.45) is 0.948. The van der Waals surface area contributed by atoms with Crippen LogP contribution in [0, 0.1) is 10.1 Å². The minimum atomic E-state index is -0.402. The minimum absolute atomic E-state index is 0.0528. The molecule has 0 aliphatic rings. The number of benzene rings is 1. The van der Waals surface area contributed by atoms with Gasteiger partial charge in [0.05, 0.1) is 18.1 Å². The summed E-state index contributed by atoms with van der Waals surface area (Å²) in [5, 5.41) is 16.3. The number of ether oxygens (including phenoxy) is 1. The predicted octanol–water partition coefficient (Wildman–Crippen LogP) is 3.39. The van der Waals surface area contributed by atoms with E-state index in [1.54, 1.807) is 17.4 Å². The van der Waals surface area contributed by atoms with Crippen molar-refractivity contribution in [2.75, 3.05) is 7.11 Å². The van der Waals surface area contributed by atoms with E-state index in [-0.39, 0.29) is 5.69 Å². The van der Waals surface area contributed by atoms with E-state index in [2.05, 4.69) is 23.7 Å². The second kappa shape index (κ2) is 7.19. The molecule has 1 unspecified atom stereocenters. The van der Waals surface area contributed by atoms with Gasteiger partial charge in [-0.3, -0.25) is 10.1 Å². The fourth-order valence-corrected chi connectivity index (χ4v) is 2.90. The van der Waals surface area contributed by atoms with Gasteiger partial charge < -0.3 is 10.1 Å². The summed E-state index contributed by atoms with van der Waals surface area (Å²) < 4.78 is 5.11. The SMILES string of the molecule is COc1cc(CNC(C)Cc2cccs2)cc([N+](=O)[O-])c1. The first-order valence-electron chi connectivity index (χ1n) is 6.66. The van der Waals surface area contributed by atoms with Gasteiger partial charge in [-0.2, -0.15) is 0 Å². The molecule has 1 heterocycles. The van der Waals surface area contributed by atoms with Crippen molar-refractivity contribution in [2.45, 2.75) is 25.9 Å².